The Labute approximate surface area is 182 Å². The SMILES string of the molecule is CC(=O)N1CCC(Oc2cc(Oc3cccc(C=C4SC(=O)NC4=O)c3)ncn2)CC1. The maximum absolute atomic E-state index is 11.7. The van der Waals surface area contributed by atoms with Crippen LogP contribution in [0.1, 0.15) is 25.3 Å². The molecule has 3 heterocycles. The number of hydrogen-bond donors (Lipinski definition) is 1. The number of piperidine rings is 1. The molecular weight excluding hydrogens is 420 g/mol. The van der Waals surface area contributed by atoms with Crippen LogP contribution in [0.4, 0.5) is 4.79 Å². The van der Waals surface area contributed by atoms with Crippen LogP contribution in [0.3, 0.4) is 0 Å². The van der Waals surface area contributed by atoms with Crippen LogP contribution in [0.25, 0.3) is 6.08 Å². The first-order valence-electron chi connectivity index (χ1n) is 9.73. The highest BCUT2D eigenvalue weighted by atomic mass is 32.2. The number of rotatable bonds is 5. The number of ether oxygens (including phenoxy) is 2. The predicted molar refractivity (Wildman–Crippen MR) is 114 cm³/mol. The number of hydrogen-bond acceptors (Lipinski definition) is 8. The summed E-state index contributed by atoms with van der Waals surface area (Å²) < 4.78 is 11.8. The van der Waals surface area contributed by atoms with E-state index < -0.39 is 5.91 Å². The molecule has 2 fully saturated rings. The van der Waals surface area contributed by atoms with Crippen LogP contribution in [-0.4, -0.2) is 51.1 Å². The van der Waals surface area contributed by atoms with Gasteiger partial charge in [0.15, 0.2) is 0 Å². The smallest absolute Gasteiger partial charge is 0.290 e. The van der Waals surface area contributed by atoms with Gasteiger partial charge in [-0.05, 0) is 35.5 Å². The van der Waals surface area contributed by atoms with Gasteiger partial charge in [-0.1, -0.05) is 12.1 Å². The van der Waals surface area contributed by atoms with Crippen molar-refractivity contribution in [3.63, 3.8) is 0 Å². The lowest BCUT2D eigenvalue weighted by atomic mass is 10.1. The quantitative estimate of drug-likeness (QED) is 0.707. The van der Waals surface area contributed by atoms with Crippen LogP contribution in [-0.2, 0) is 9.59 Å². The number of benzene rings is 1. The van der Waals surface area contributed by atoms with E-state index in [1.807, 2.05) is 0 Å². The summed E-state index contributed by atoms with van der Waals surface area (Å²) in [5, 5.41) is 1.84. The number of carbonyl (C=O) groups excluding carboxylic acids is 3. The molecule has 2 aliphatic heterocycles. The normalized spacial score (nSPS) is 18.2. The van der Waals surface area contributed by atoms with Gasteiger partial charge >= 0.3 is 0 Å². The van der Waals surface area contributed by atoms with Crippen molar-refractivity contribution in [2.45, 2.75) is 25.9 Å². The lowest BCUT2D eigenvalue weighted by Crippen LogP contribution is -2.40. The van der Waals surface area contributed by atoms with Crippen molar-refractivity contribution in [2.24, 2.45) is 0 Å². The topological polar surface area (TPSA) is 111 Å². The van der Waals surface area contributed by atoms with Gasteiger partial charge in [-0.15, -0.1) is 0 Å². The highest BCUT2D eigenvalue weighted by molar-refractivity contribution is 8.18. The molecule has 160 valence electrons. The van der Waals surface area contributed by atoms with E-state index in [2.05, 4.69) is 15.3 Å². The lowest BCUT2D eigenvalue weighted by Gasteiger charge is -2.31. The van der Waals surface area contributed by atoms with Crippen molar-refractivity contribution < 1.29 is 23.9 Å². The third kappa shape index (κ3) is 5.40. The first-order valence-corrected chi connectivity index (χ1v) is 10.5. The first-order chi connectivity index (χ1) is 15.0. The van der Waals surface area contributed by atoms with Crippen molar-refractivity contribution >= 4 is 34.9 Å². The molecule has 1 aromatic carbocycles. The Morgan fingerprint density at radius 2 is 1.97 bits per heavy atom. The minimum absolute atomic E-state index is 0.0222. The van der Waals surface area contributed by atoms with E-state index in [1.165, 1.54) is 6.33 Å². The summed E-state index contributed by atoms with van der Waals surface area (Å²) in [6, 6.07) is 8.70. The van der Waals surface area contributed by atoms with Crippen molar-refractivity contribution in [2.75, 3.05) is 13.1 Å². The molecule has 9 nitrogen and oxygen atoms in total. The molecule has 0 radical (unpaired) electrons. The molecule has 3 amide bonds. The van der Waals surface area contributed by atoms with Crippen LogP contribution in [0.2, 0.25) is 0 Å². The Hall–Kier alpha value is -3.40. The van der Waals surface area contributed by atoms with Crippen molar-refractivity contribution in [1.82, 2.24) is 20.2 Å². The van der Waals surface area contributed by atoms with Gasteiger partial charge in [-0.2, -0.15) is 0 Å². The van der Waals surface area contributed by atoms with E-state index in [1.54, 1.807) is 48.2 Å². The van der Waals surface area contributed by atoms with Gasteiger partial charge in [-0.3, -0.25) is 19.7 Å². The molecule has 0 saturated carbocycles. The van der Waals surface area contributed by atoms with Crippen LogP contribution in [0.5, 0.6) is 17.5 Å². The van der Waals surface area contributed by atoms with Gasteiger partial charge in [0, 0.05) is 32.9 Å². The molecule has 0 bridgehead atoms. The van der Waals surface area contributed by atoms with Gasteiger partial charge in [0.2, 0.25) is 17.7 Å². The molecule has 0 spiro atoms. The third-order valence-corrected chi connectivity index (χ3v) is 5.62. The Balaban J connectivity index is 1.40. The zero-order chi connectivity index (χ0) is 21.8. The maximum Gasteiger partial charge on any atom is 0.290 e. The van der Waals surface area contributed by atoms with Gasteiger partial charge in [0.1, 0.15) is 18.2 Å². The largest absolute Gasteiger partial charge is 0.474 e. The number of carbonyl (C=O) groups is 3. The van der Waals surface area contributed by atoms with E-state index in [9.17, 15) is 14.4 Å². The second-order valence-corrected chi connectivity index (χ2v) is 8.06. The zero-order valence-corrected chi connectivity index (χ0v) is 17.6. The Kier molecular flexibility index (Phi) is 6.17. The number of nitrogens with one attached hydrogen (secondary N) is 1. The van der Waals surface area contributed by atoms with Crippen molar-refractivity contribution in [1.29, 1.82) is 0 Å². The number of thioether (sulfide) groups is 1. The maximum atomic E-state index is 11.7. The molecule has 31 heavy (non-hydrogen) atoms. The monoisotopic (exact) mass is 440 g/mol. The minimum Gasteiger partial charge on any atom is -0.474 e. The van der Waals surface area contributed by atoms with Crippen LogP contribution in [0, 0.1) is 0 Å². The fraction of sp³-hybridized carbons (Fsp3) is 0.286. The summed E-state index contributed by atoms with van der Waals surface area (Å²) in [7, 11) is 0. The Bertz CT molecular complexity index is 1050. The van der Waals surface area contributed by atoms with E-state index in [-0.39, 0.29) is 17.3 Å². The number of likely N-dealkylation sites (tertiary alicyclic amines) is 1. The van der Waals surface area contributed by atoms with Crippen LogP contribution in [0.15, 0.2) is 41.6 Å². The van der Waals surface area contributed by atoms with Crippen molar-refractivity contribution in [3.8, 4) is 17.5 Å². The summed E-state index contributed by atoms with van der Waals surface area (Å²) in [6.07, 6.45) is 4.45. The van der Waals surface area contributed by atoms with Gasteiger partial charge < -0.3 is 14.4 Å². The molecule has 0 atom stereocenters. The molecule has 1 aromatic heterocycles. The highest BCUT2D eigenvalue weighted by Gasteiger charge is 2.25. The third-order valence-electron chi connectivity index (χ3n) is 4.81. The summed E-state index contributed by atoms with van der Waals surface area (Å²) >= 11 is 0.860. The van der Waals surface area contributed by atoms with Gasteiger partial charge in [-0.25, -0.2) is 9.97 Å². The summed E-state index contributed by atoms with van der Waals surface area (Å²) in [5.74, 6) is 0.908. The Morgan fingerprint density at radius 1 is 1.19 bits per heavy atom. The predicted octanol–water partition coefficient (Wildman–Crippen LogP) is 2.98. The standard InChI is InChI=1S/C21H20N4O5S/c1-13(26)25-7-5-15(6-8-25)29-18-11-19(23-12-22-18)30-16-4-2-3-14(9-16)10-17-20(27)24-21(28)31-17/h2-4,9-12,15H,5-8H2,1H3,(H,24,27,28). The first kappa shape index (κ1) is 20.9. The van der Waals surface area contributed by atoms with Crippen LogP contribution >= 0.6 is 11.8 Å². The lowest BCUT2D eigenvalue weighted by molar-refractivity contribution is -0.130. The van der Waals surface area contributed by atoms with Crippen molar-refractivity contribution in [3.05, 3.63) is 47.1 Å². The molecule has 0 unspecified atom stereocenters. The van der Waals surface area contributed by atoms with E-state index in [0.717, 1.165) is 24.6 Å². The number of imide groups is 1. The summed E-state index contributed by atoms with van der Waals surface area (Å²) in [5.41, 5.74) is 0.715. The summed E-state index contributed by atoms with van der Waals surface area (Å²) in [6.45, 7) is 2.90. The van der Waals surface area contributed by atoms with E-state index in [0.29, 0.717) is 41.1 Å². The fourth-order valence-corrected chi connectivity index (χ4v) is 3.95. The van der Waals surface area contributed by atoms with Gasteiger partial charge in [0.05, 0.1) is 11.0 Å². The highest BCUT2D eigenvalue weighted by Crippen LogP contribution is 2.28. The molecule has 2 aromatic rings. The molecule has 10 heteroatoms. The number of nitrogens with zero attached hydrogens (tertiary/aromatic N) is 3. The summed E-state index contributed by atoms with van der Waals surface area (Å²) in [4.78, 5) is 44.9. The van der Waals surface area contributed by atoms with E-state index in [4.69, 9.17) is 9.47 Å². The van der Waals surface area contributed by atoms with Crippen LogP contribution < -0.4 is 14.8 Å². The zero-order valence-electron chi connectivity index (χ0n) is 16.7. The molecule has 2 aliphatic rings. The molecule has 2 saturated heterocycles. The Morgan fingerprint density at radius 3 is 2.68 bits per heavy atom. The molecule has 0 aliphatic carbocycles. The molecular formula is C21H20N4O5S. The second kappa shape index (κ2) is 9.17. The average molecular weight is 440 g/mol. The number of aromatic nitrogens is 2. The average Bonchev–Trinajstić information content (AvgIpc) is 3.05. The number of amides is 3. The van der Waals surface area contributed by atoms with Gasteiger partial charge in [0.25, 0.3) is 11.1 Å². The fourth-order valence-electron chi connectivity index (χ4n) is 3.26. The molecule has 4 rings (SSSR count). The molecule has 1 N–H and O–H groups in total. The second-order valence-electron chi connectivity index (χ2n) is 7.04. The van der Waals surface area contributed by atoms with E-state index >= 15 is 0 Å². The minimum atomic E-state index is -0.409.